The van der Waals surface area contributed by atoms with Crippen molar-refractivity contribution < 1.29 is 9.53 Å². The molecule has 96 valence electrons. The van der Waals surface area contributed by atoms with Gasteiger partial charge in [-0.25, -0.2) is 0 Å². The Kier molecular flexibility index (Phi) is 3.01. The molecule has 0 aliphatic carbocycles. The van der Waals surface area contributed by atoms with Crippen molar-refractivity contribution in [3.63, 3.8) is 0 Å². The van der Waals surface area contributed by atoms with Crippen molar-refractivity contribution >= 4 is 5.91 Å². The van der Waals surface area contributed by atoms with E-state index < -0.39 is 0 Å². The molecular weight excluding hydrogens is 230 g/mol. The highest BCUT2D eigenvalue weighted by Crippen LogP contribution is 2.23. The fourth-order valence-corrected chi connectivity index (χ4v) is 2.71. The average molecular weight is 247 g/mol. The molecule has 3 rings (SSSR count). The summed E-state index contributed by atoms with van der Waals surface area (Å²) in [7, 11) is 1.87. The van der Waals surface area contributed by atoms with Crippen molar-refractivity contribution in [3.8, 4) is 0 Å². The van der Waals surface area contributed by atoms with Gasteiger partial charge in [0.1, 0.15) is 6.61 Å². The van der Waals surface area contributed by atoms with Crippen LogP contribution in [0.2, 0.25) is 0 Å². The Morgan fingerprint density at radius 3 is 3.17 bits per heavy atom. The number of likely N-dealkylation sites (N-methyl/N-ethyl adjacent to an activating group) is 1. The summed E-state index contributed by atoms with van der Waals surface area (Å²) < 4.78 is 5.60. The molecule has 5 nitrogen and oxygen atoms in total. The van der Waals surface area contributed by atoms with Crippen LogP contribution in [0.25, 0.3) is 0 Å². The summed E-state index contributed by atoms with van der Waals surface area (Å²) in [6.45, 7) is 2.85. The van der Waals surface area contributed by atoms with E-state index in [2.05, 4.69) is 16.0 Å². The first-order valence-corrected chi connectivity index (χ1v) is 6.22. The highest BCUT2D eigenvalue weighted by atomic mass is 16.5. The minimum Gasteiger partial charge on any atom is -0.365 e. The van der Waals surface area contributed by atoms with Gasteiger partial charge in [-0.3, -0.25) is 14.7 Å². The molecule has 0 radical (unpaired) electrons. The SMILES string of the molecule is CN1C(=O)CO[C@H]2CN(Cc3cccnc3)C[C@H]21. The highest BCUT2D eigenvalue weighted by Gasteiger charge is 2.41. The molecular formula is C13H17N3O2. The van der Waals surface area contributed by atoms with Crippen LogP contribution in [0.5, 0.6) is 0 Å². The van der Waals surface area contributed by atoms with Gasteiger partial charge >= 0.3 is 0 Å². The van der Waals surface area contributed by atoms with Crippen LogP contribution in [-0.4, -0.2) is 59.6 Å². The lowest BCUT2D eigenvalue weighted by Gasteiger charge is -2.33. The number of aromatic nitrogens is 1. The average Bonchev–Trinajstić information content (AvgIpc) is 2.79. The Morgan fingerprint density at radius 1 is 1.50 bits per heavy atom. The van der Waals surface area contributed by atoms with Crippen LogP contribution in [0.1, 0.15) is 5.56 Å². The summed E-state index contributed by atoms with van der Waals surface area (Å²) in [5.41, 5.74) is 1.20. The Bertz CT molecular complexity index is 437. The van der Waals surface area contributed by atoms with Crippen LogP contribution in [-0.2, 0) is 16.1 Å². The van der Waals surface area contributed by atoms with Crippen LogP contribution in [0.3, 0.4) is 0 Å². The molecule has 0 aromatic carbocycles. The molecule has 2 atom stereocenters. The number of morpholine rings is 1. The summed E-state index contributed by atoms with van der Waals surface area (Å²) >= 11 is 0. The van der Waals surface area contributed by atoms with Gasteiger partial charge in [0.05, 0.1) is 12.1 Å². The maximum Gasteiger partial charge on any atom is 0.248 e. The third-order valence-corrected chi connectivity index (χ3v) is 3.75. The summed E-state index contributed by atoms with van der Waals surface area (Å²) in [6, 6.07) is 4.22. The number of likely N-dealkylation sites (tertiary alicyclic amines) is 1. The zero-order chi connectivity index (χ0) is 12.5. The monoisotopic (exact) mass is 247 g/mol. The number of hydrogen-bond acceptors (Lipinski definition) is 4. The molecule has 1 aromatic heterocycles. The molecule has 0 unspecified atom stereocenters. The van der Waals surface area contributed by atoms with E-state index in [1.54, 1.807) is 6.20 Å². The number of ether oxygens (including phenoxy) is 1. The molecule has 0 bridgehead atoms. The number of amides is 1. The Morgan fingerprint density at radius 2 is 2.39 bits per heavy atom. The molecule has 0 spiro atoms. The second-order valence-electron chi connectivity index (χ2n) is 4.98. The van der Waals surface area contributed by atoms with E-state index in [0.717, 1.165) is 19.6 Å². The topological polar surface area (TPSA) is 45.7 Å². The maximum absolute atomic E-state index is 11.6. The second kappa shape index (κ2) is 4.66. The highest BCUT2D eigenvalue weighted by molar-refractivity contribution is 5.78. The molecule has 1 amide bonds. The first-order valence-electron chi connectivity index (χ1n) is 6.22. The van der Waals surface area contributed by atoms with Crippen LogP contribution in [0.15, 0.2) is 24.5 Å². The molecule has 2 aliphatic rings. The van der Waals surface area contributed by atoms with Crippen molar-refractivity contribution in [2.24, 2.45) is 0 Å². The normalized spacial score (nSPS) is 28.5. The van der Waals surface area contributed by atoms with Gasteiger partial charge < -0.3 is 9.64 Å². The van der Waals surface area contributed by atoms with Gasteiger partial charge in [0.25, 0.3) is 0 Å². The Hall–Kier alpha value is -1.46. The number of rotatable bonds is 2. The number of carbonyl (C=O) groups is 1. The van der Waals surface area contributed by atoms with Crippen molar-refractivity contribution in [2.75, 3.05) is 26.7 Å². The number of carbonyl (C=O) groups excluding carboxylic acids is 1. The zero-order valence-corrected chi connectivity index (χ0v) is 10.5. The fraction of sp³-hybridized carbons (Fsp3) is 0.538. The van der Waals surface area contributed by atoms with E-state index >= 15 is 0 Å². The second-order valence-corrected chi connectivity index (χ2v) is 4.98. The number of hydrogen-bond donors (Lipinski definition) is 0. The third kappa shape index (κ3) is 2.11. The van der Waals surface area contributed by atoms with Crippen molar-refractivity contribution in [3.05, 3.63) is 30.1 Å². The lowest BCUT2D eigenvalue weighted by Crippen LogP contribution is -2.51. The lowest BCUT2D eigenvalue weighted by atomic mass is 10.1. The number of nitrogens with zero attached hydrogens (tertiary/aromatic N) is 3. The van der Waals surface area contributed by atoms with Crippen molar-refractivity contribution in [1.82, 2.24) is 14.8 Å². The molecule has 0 N–H and O–H groups in total. The quantitative estimate of drug-likeness (QED) is 0.745. The fourth-order valence-electron chi connectivity index (χ4n) is 2.71. The van der Waals surface area contributed by atoms with Gasteiger partial charge in [-0.2, -0.15) is 0 Å². The standard InChI is InChI=1S/C13H17N3O2/c1-15-11-7-16(6-10-3-2-4-14-5-10)8-12(11)18-9-13(15)17/h2-5,11-12H,6-9H2,1H3/t11-,12+/m1/s1. The molecule has 5 heteroatoms. The molecule has 2 saturated heterocycles. The predicted octanol–water partition coefficient (Wildman–Crippen LogP) is 0.123. The van der Waals surface area contributed by atoms with Gasteiger partial charge in [-0.1, -0.05) is 6.07 Å². The smallest absolute Gasteiger partial charge is 0.248 e. The molecule has 2 aliphatic heterocycles. The predicted molar refractivity (Wildman–Crippen MR) is 65.8 cm³/mol. The van der Waals surface area contributed by atoms with E-state index in [0.29, 0.717) is 0 Å². The van der Waals surface area contributed by atoms with Gasteiger partial charge in [-0.05, 0) is 11.6 Å². The van der Waals surface area contributed by atoms with E-state index in [4.69, 9.17) is 4.74 Å². The molecule has 1 aromatic rings. The van der Waals surface area contributed by atoms with Gasteiger partial charge in [0.2, 0.25) is 5.91 Å². The number of pyridine rings is 1. The van der Waals surface area contributed by atoms with Gasteiger partial charge in [0, 0.05) is 39.1 Å². The summed E-state index contributed by atoms with van der Waals surface area (Å²) in [5.74, 6) is 0.0828. The van der Waals surface area contributed by atoms with Crippen LogP contribution in [0, 0.1) is 0 Å². The minimum atomic E-state index is 0.0828. The summed E-state index contributed by atoms with van der Waals surface area (Å²) in [6.07, 6.45) is 3.82. The van der Waals surface area contributed by atoms with E-state index in [9.17, 15) is 4.79 Å². The molecule has 3 heterocycles. The van der Waals surface area contributed by atoms with Crippen LogP contribution in [0.4, 0.5) is 0 Å². The Labute approximate surface area is 106 Å². The zero-order valence-electron chi connectivity index (χ0n) is 10.5. The van der Waals surface area contributed by atoms with Crippen LogP contribution >= 0.6 is 0 Å². The number of fused-ring (bicyclic) bond motifs is 1. The first-order chi connectivity index (χ1) is 8.74. The van der Waals surface area contributed by atoms with Crippen LogP contribution < -0.4 is 0 Å². The summed E-state index contributed by atoms with van der Waals surface area (Å²) in [4.78, 5) is 19.8. The van der Waals surface area contributed by atoms with E-state index in [-0.39, 0.29) is 24.7 Å². The van der Waals surface area contributed by atoms with Gasteiger partial charge in [-0.15, -0.1) is 0 Å². The van der Waals surface area contributed by atoms with E-state index in [1.165, 1.54) is 5.56 Å². The molecule has 18 heavy (non-hydrogen) atoms. The first kappa shape index (κ1) is 11.6. The Balaban J connectivity index is 1.66. The minimum absolute atomic E-state index is 0.0828. The van der Waals surface area contributed by atoms with Gasteiger partial charge in [0.15, 0.2) is 0 Å². The van der Waals surface area contributed by atoms with Crippen molar-refractivity contribution in [1.29, 1.82) is 0 Å². The van der Waals surface area contributed by atoms with Crippen molar-refractivity contribution in [2.45, 2.75) is 18.7 Å². The maximum atomic E-state index is 11.6. The largest absolute Gasteiger partial charge is 0.365 e. The third-order valence-electron chi connectivity index (χ3n) is 3.75. The molecule has 2 fully saturated rings. The molecule has 0 saturated carbocycles. The lowest BCUT2D eigenvalue weighted by molar-refractivity contribution is -0.150. The van der Waals surface area contributed by atoms with E-state index in [1.807, 2.05) is 24.2 Å². The summed E-state index contributed by atoms with van der Waals surface area (Å²) in [5, 5.41) is 0.